The molecular weight excluding hydrogens is 411 g/mol. The van der Waals surface area contributed by atoms with E-state index in [1.807, 2.05) is 0 Å². The monoisotopic (exact) mass is 422 g/mol. The van der Waals surface area contributed by atoms with E-state index < -0.39 is 27.8 Å². The molecule has 0 saturated carbocycles. The van der Waals surface area contributed by atoms with Crippen LogP contribution in [0.1, 0.15) is 17.3 Å². The van der Waals surface area contributed by atoms with Crippen molar-refractivity contribution in [3.63, 3.8) is 0 Å². The molecule has 0 aliphatic rings. The maximum atomic E-state index is 12.8. The number of thiophene rings is 1. The van der Waals surface area contributed by atoms with Crippen LogP contribution in [-0.2, 0) is 14.6 Å². The van der Waals surface area contributed by atoms with Crippen LogP contribution in [0.5, 0.6) is 0 Å². The average Bonchev–Trinajstić information content (AvgIpc) is 2.91. The first-order valence-corrected chi connectivity index (χ1v) is 9.73. The smallest absolute Gasteiger partial charge is 0.253 e. The second kappa shape index (κ2) is 7.30. The number of hydrogen-bond acceptors (Lipinski definition) is 6. The maximum absolute atomic E-state index is 12.8. The van der Waals surface area contributed by atoms with Crippen molar-refractivity contribution in [2.24, 2.45) is 5.73 Å². The normalized spacial score (nSPS) is 12.6. The highest BCUT2D eigenvalue weighted by Crippen LogP contribution is 2.39. The van der Waals surface area contributed by atoms with Crippen molar-refractivity contribution >= 4 is 61.2 Å². The Labute approximate surface area is 157 Å². The van der Waals surface area contributed by atoms with Gasteiger partial charge in [0.2, 0.25) is 9.84 Å². The molecule has 11 heteroatoms. The predicted octanol–water partition coefficient (Wildman–Crippen LogP) is 2.31. The molecule has 0 bridgehead atoms. The fourth-order valence-corrected chi connectivity index (χ4v) is 5.70. The Morgan fingerprint density at radius 3 is 2.32 bits per heavy atom. The molecule has 25 heavy (non-hydrogen) atoms. The molecule has 134 valence electrons. The van der Waals surface area contributed by atoms with E-state index in [0.29, 0.717) is 11.3 Å². The lowest BCUT2D eigenvalue weighted by Gasteiger charge is -2.07. The Bertz CT molecular complexity index is 934. The van der Waals surface area contributed by atoms with Crippen LogP contribution in [0.4, 0.5) is 5.00 Å². The highest BCUT2D eigenvalue weighted by Gasteiger charge is 2.29. The number of carbonyl (C=O) groups is 2. The lowest BCUT2D eigenvalue weighted by Crippen LogP contribution is -2.25. The van der Waals surface area contributed by atoms with Crippen LogP contribution in [-0.4, -0.2) is 31.4 Å². The van der Waals surface area contributed by atoms with Gasteiger partial charge in [-0.05, 0) is 25.1 Å². The molecule has 0 aliphatic carbocycles. The minimum atomic E-state index is -4.16. The summed E-state index contributed by atoms with van der Waals surface area (Å²) in [6.07, 6.45) is -1.36. The molecule has 4 N–H and O–H groups in total. The molecule has 0 aliphatic heterocycles. The van der Waals surface area contributed by atoms with Gasteiger partial charge in [0, 0.05) is 0 Å². The van der Waals surface area contributed by atoms with Crippen LogP contribution in [0.2, 0.25) is 10.0 Å². The van der Waals surface area contributed by atoms with Crippen molar-refractivity contribution < 1.29 is 23.1 Å². The molecule has 1 aromatic heterocycles. The van der Waals surface area contributed by atoms with Gasteiger partial charge in [-0.15, -0.1) is 11.3 Å². The fourth-order valence-electron chi connectivity index (χ4n) is 1.83. The molecule has 1 heterocycles. The van der Waals surface area contributed by atoms with E-state index in [4.69, 9.17) is 28.9 Å². The Balaban J connectivity index is 2.60. The summed E-state index contributed by atoms with van der Waals surface area (Å²) in [5.41, 5.74) is 5.02. The molecule has 0 radical (unpaired) electrons. The van der Waals surface area contributed by atoms with E-state index in [2.05, 4.69) is 5.32 Å². The SMILES string of the molecule is CC(O)C(=O)Nc1sc(S(=O)(=O)c2c(Cl)cccc2Cl)cc1C(N)=O. The summed E-state index contributed by atoms with van der Waals surface area (Å²) in [6, 6.07) is 5.24. The number of aliphatic hydroxyl groups is 1. The van der Waals surface area contributed by atoms with E-state index in [1.165, 1.54) is 25.1 Å². The van der Waals surface area contributed by atoms with E-state index >= 15 is 0 Å². The highest BCUT2D eigenvalue weighted by atomic mass is 35.5. The predicted molar refractivity (Wildman–Crippen MR) is 95.1 cm³/mol. The van der Waals surface area contributed by atoms with Crippen molar-refractivity contribution in [3.8, 4) is 0 Å². The molecule has 0 saturated heterocycles. The third kappa shape index (κ3) is 3.96. The third-order valence-corrected chi connectivity index (χ3v) is 7.28. The summed E-state index contributed by atoms with van der Waals surface area (Å²) in [4.78, 5) is 22.9. The zero-order valence-electron chi connectivity index (χ0n) is 12.6. The summed E-state index contributed by atoms with van der Waals surface area (Å²) in [5, 5.41) is 11.2. The largest absolute Gasteiger partial charge is 0.384 e. The number of benzene rings is 1. The lowest BCUT2D eigenvalue weighted by atomic mass is 10.3. The third-order valence-electron chi connectivity index (χ3n) is 3.04. The topological polar surface area (TPSA) is 127 Å². The molecule has 1 aromatic carbocycles. The molecule has 2 amide bonds. The average molecular weight is 423 g/mol. The number of rotatable bonds is 5. The second-order valence-corrected chi connectivity index (χ2v) is 8.87. The van der Waals surface area contributed by atoms with Gasteiger partial charge in [-0.3, -0.25) is 9.59 Å². The Morgan fingerprint density at radius 1 is 1.28 bits per heavy atom. The Kier molecular flexibility index (Phi) is 5.75. The minimum Gasteiger partial charge on any atom is -0.384 e. The van der Waals surface area contributed by atoms with Gasteiger partial charge in [0.25, 0.3) is 11.8 Å². The zero-order valence-corrected chi connectivity index (χ0v) is 15.8. The van der Waals surface area contributed by atoms with Crippen LogP contribution in [0.25, 0.3) is 0 Å². The van der Waals surface area contributed by atoms with E-state index in [0.717, 1.165) is 6.07 Å². The molecule has 0 spiro atoms. The molecule has 2 aromatic rings. The van der Waals surface area contributed by atoms with E-state index in [-0.39, 0.29) is 29.7 Å². The van der Waals surface area contributed by atoms with Crippen molar-refractivity contribution in [2.75, 3.05) is 5.32 Å². The van der Waals surface area contributed by atoms with Gasteiger partial charge in [-0.25, -0.2) is 8.42 Å². The molecular formula is C14H12Cl2N2O5S2. The van der Waals surface area contributed by atoms with Crippen LogP contribution in [0, 0.1) is 0 Å². The van der Waals surface area contributed by atoms with Gasteiger partial charge in [-0.2, -0.15) is 0 Å². The van der Waals surface area contributed by atoms with Crippen LogP contribution >= 0.6 is 34.5 Å². The van der Waals surface area contributed by atoms with Crippen molar-refractivity contribution in [1.82, 2.24) is 0 Å². The Morgan fingerprint density at radius 2 is 1.84 bits per heavy atom. The highest BCUT2D eigenvalue weighted by molar-refractivity contribution is 7.93. The number of anilines is 1. The van der Waals surface area contributed by atoms with Gasteiger partial charge < -0.3 is 16.2 Å². The number of aliphatic hydroxyl groups excluding tert-OH is 1. The van der Waals surface area contributed by atoms with Gasteiger partial charge in [-0.1, -0.05) is 29.3 Å². The summed E-state index contributed by atoms with van der Waals surface area (Å²) in [6.45, 7) is 1.22. The first-order valence-electron chi connectivity index (χ1n) is 6.67. The first-order chi connectivity index (χ1) is 11.6. The second-order valence-electron chi connectivity index (χ2n) is 4.89. The number of amides is 2. The Hall–Kier alpha value is -1.65. The summed E-state index contributed by atoms with van der Waals surface area (Å²) in [7, 11) is -4.16. The number of hydrogen-bond donors (Lipinski definition) is 3. The number of carbonyl (C=O) groups excluding carboxylic acids is 2. The van der Waals surface area contributed by atoms with Gasteiger partial charge in [0.05, 0.1) is 15.6 Å². The van der Waals surface area contributed by atoms with Crippen LogP contribution < -0.4 is 11.1 Å². The maximum Gasteiger partial charge on any atom is 0.253 e. The van der Waals surface area contributed by atoms with Crippen molar-refractivity contribution in [2.45, 2.75) is 22.1 Å². The summed E-state index contributed by atoms with van der Waals surface area (Å²) < 4.78 is 25.3. The van der Waals surface area contributed by atoms with Crippen LogP contribution in [0.3, 0.4) is 0 Å². The molecule has 1 unspecified atom stereocenters. The number of primary amides is 1. The number of nitrogens with two attached hydrogens (primary N) is 1. The van der Waals surface area contributed by atoms with Crippen molar-refractivity contribution in [1.29, 1.82) is 0 Å². The molecule has 1 atom stereocenters. The summed E-state index contributed by atoms with van der Waals surface area (Å²) >= 11 is 12.5. The lowest BCUT2D eigenvalue weighted by molar-refractivity contribution is -0.123. The fraction of sp³-hybridized carbons (Fsp3) is 0.143. The van der Waals surface area contributed by atoms with E-state index in [9.17, 15) is 23.1 Å². The minimum absolute atomic E-state index is 0.0870. The number of halogens is 2. The zero-order chi connectivity index (χ0) is 18.9. The van der Waals surface area contributed by atoms with E-state index in [1.54, 1.807) is 0 Å². The van der Waals surface area contributed by atoms with Crippen LogP contribution in [0.15, 0.2) is 33.4 Å². The van der Waals surface area contributed by atoms with Gasteiger partial charge in [0.15, 0.2) is 0 Å². The summed E-state index contributed by atoms with van der Waals surface area (Å²) in [5.74, 6) is -1.76. The van der Waals surface area contributed by atoms with Gasteiger partial charge >= 0.3 is 0 Å². The van der Waals surface area contributed by atoms with Crippen molar-refractivity contribution in [3.05, 3.63) is 39.9 Å². The molecule has 7 nitrogen and oxygen atoms in total. The number of sulfone groups is 1. The molecule has 0 fully saturated rings. The molecule has 2 rings (SSSR count). The quantitative estimate of drug-likeness (QED) is 0.680. The number of nitrogens with one attached hydrogen (secondary N) is 1. The standard InChI is InChI=1S/C14H12Cl2N2O5S2/c1-6(19)13(21)18-14-7(12(17)20)5-10(24-14)25(22,23)11-8(15)3-2-4-9(11)16/h2-6,19H,1H3,(H2,17,20)(H,18,21). The van der Waals surface area contributed by atoms with Gasteiger partial charge in [0.1, 0.15) is 20.2 Å². The first kappa shape index (κ1) is 19.7.